The van der Waals surface area contributed by atoms with E-state index in [1.165, 1.54) is 23.3 Å². The average molecular weight is 308 g/mol. The van der Waals surface area contributed by atoms with Crippen molar-refractivity contribution in [2.75, 3.05) is 13.1 Å². The first-order chi connectivity index (χ1) is 10.1. The lowest BCUT2D eigenvalue weighted by atomic mass is 10.0. The first kappa shape index (κ1) is 16.5. The summed E-state index contributed by atoms with van der Waals surface area (Å²) < 4.78 is 0. The zero-order valence-electron chi connectivity index (χ0n) is 13.5. The minimum absolute atomic E-state index is 0.238. The number of carbonyl (C=O) groups excluding carboxylic acids is 1. The molecule has 2 rings (SSSR count). The van der Waals surface area contributed by atoms with Gasteiger partial charge in [-0.2, -0.15) is 0 Å². The quantitative estimate of drug-likeness (QED) is 0.837. The topological polar surface area (TPSA) is 32.3 Å². The first-order valence-electron chi connectivity index (χ1n) is 8.12. The van der Waals surface area contributed by atoms with Crippen molar-refractivity contribution in [3.63, 3.8) is 0 Å². The van der Waals surface area contributed by atoms with Crippen LogP contribution in [0.1, 0.15) is 50.5 Å². The smallest absolute Gasteiger partial charge is 0.236 e. The molecule has 2 heterocycles. The van der Waals surface area contributed by atoms with Crippen molar-refractivity contribution in [3.8, 4) is 0 Å². The summed E-state index contributed by atoms with van der Waals surface area (Å²) in [6.45, 7) is 8.84. The van der Waals surface area contributed by atoms with Gasteiger partial charge in [-0.1, -0.05) is 26.7 Å². The van der Waals surface area contributed by atoms with Crippen LogP contribution in [0, 0.1) is 5.92 Å². The minimum Gasteiger partial charge on any atom is -0.337 e. The molecule has 1 aliphatic heterocycles. The predicted octanol–water partition coefficient (Wildman–Crippen LogP) is 3.44. The molecule has 0 radical (unpaired) electrons. The number of rotatable bonds is 7. The SMILES string of the molecule is CC(C)CCCC(C)NCC(=O)N1CCc2sccc2C1. The zero-order chi connectivity index (χ0) is 15.2. The van der Waals surface area contributed by atoms with E-state index in [0.29, 0.717) is 12.6 Å². The van der Waals surface area contributed by atoms with Crippen LogP contribution in [0.5, 0.6) is 0 Å². The van der Waals surface area contributed by atoms with Gasteiger partial charge in [0.05, 0.1) is 6.54 Å². The van der Waals surface area contributed by atoms with E-state index in [4.69, 9.17) is 0 Å². The van der Waals surface area contributed by atoms with Crippen LogP contribution < -0.4 is 5.32 Å². The Kier molecular flexibility index (Phi) is 6.24. The van der Waals surface area contributed by atoms with Gasteiger partial charge < -0.3 is 10.2 Å². The molecule has 0 fully saturated rings. The van der Waals surface area contributed by atoms with E-state index in [-0.39, 0.29) is 5.91 Å². The maximum atomic E-state index is 12.3. The fourth-order valence-electron chi connectivity index (χ4n) is 2.77. The van der Waals surface area contributed by atoms with E-state index in [1.807, 2.05) is 16.2 Å². The van der Waals surface area contributed by atoms with Crippen LogP contribution in [-0.4, -0.2) is 29.9 Å². The van der Waals surface area contributed by atoms with Crippen molar-refractivity contribution in [1.29, 1.82) is 0 Å². The number of fused-ring (bicyclic) bond motifs is 1. The van der Waals surface area contributed by atoms with Gasteiger partial charge in [-0.15, -0.1) is 11.3 Å². The molecule has 0 saturated heterocycles. The molecule has 0 spiro atoms. The summed E-state index contributed by atoms with van der Waals surface area (Å²) in [4.78, 5) is 15.7. The van der Waals surface area contributed by atoms with Crippen LogP contribution in [0.25, 0.3) is 0 Å². The second kappa shape index (κ2) is 7.95. The number of carbonyl (C=O) groups is 1. The molecule has 21 heavy (non-hydrogen) atoms. The van der Waals surface area contributed by atoms with Gasteiger partial charge in [-0.05, 0) is 42.7 Å². The van der Waals surface area contributed by atoms with Gasteiger partial charge in [-0.3, -0.25) is 4.79 Å². The van der Waals surface area contributed by atoms with Crippen molar-refractivity contribution >= 4 is 17.2 Å². The largest absolute Gasteiger partial charge is 0.337 e. The predicted molar refractivity (Wildman–Crippen MR) is 89.6 cm³/mol. The summed E-state index contributed by atoms with van der Waals surface area (Å²) in [7, 11) is 0. The lowest BCUT2D eigenvalue weighted by Crippen LogP contribution is -2.42. The first-order valence-corrected chi connectivity index (χ1v) is 9.00. The van der Waals surface area contributed by atoms with Crippen LogP contribution in [0.15, 0.2) is 11.4 Å². The molecule has 4 heteroatoms. The van der Waals surface area contributed by atoms with Gasteiger partial charge in [0.25, 0.3) is 0 Å². The Labute approximate surface area is 132 Å². The van der Waals surface area contributed by atoms with E-state index in [2.05, 4.69) is 37.5 Å². The summed E-state index contributed by atoms with van der Waals surface area (Å²) in [5.74, 6) is 1.01. The van der Waals surface area contributed by atoms with E-state index in [1.54, 1.807) is 0 Å². The van der Waals surface area contributed by atoms with Crippen LogP contribution >= 0.6 is 11.3 Å². The fourth-order valence-corrected chi connectivity index (χ4v) is 3.66. The van der Waals surface area contributed by atoms with Crippen molar-refractivity contribution in [3.05, 3.63) is 21.9 Å². The molecular formula is C17H28N2OS. The van der Waals surface area contributed by atoms with Gasteiger partial charge in [0.2, 0.25) is 5.91 Å². The number of hydrogen-bond acceptors (Lipinski definition) is 3. The number of amides is 1. The third kappa shape index (κ3) is 5.11. The third-order valence-electron chi connectivity index (χ3n) is 4.18. The fraction of sp³-hybridized carbons (Fsp3) is 0.706. The second-order valence-electron chi connectivity index (χ2n) is 6.54. The molecule has 1 amide bonds. The van der Waals surface area contributed by atoms with Gasteiger partial charge in [0.15, 0.2) is 0 Å². The summed E-state index contributed by atoms with van der Waals surface area (Å²) in [5, 5.41) is 5.52. The molecule has 0 bridgehead atoms. The molecule has 1 atom stereocenters. The molecular weight excluding hydrogens is 280 g/mol. The van der Waals surface area contributed by atoms with Crippen LogP contribution in [0.3, 0.4) is 0 Å². The summed E-state index contributed by atoms with van der Waals surface area (Å²) in [6.07, 6.45) is 4.68. The molecule has 1 unspecified atom stereocenters. The molecule has 1 N–H and O–H groups in total. The highest BCUT2D eigenvalue weighted by atomic mass is 32.1. The second-order valence-corrected chi connectivity index (χ2v) is 7.54. The van der Waals surface area contributed by atoms with E-state index in [9.17, 15) is 4.79 Å². The van der Waals surface area contributed by atoms with Crippen molar-refractivity contribution in [2.45, 2.75) is 59.0 Å². The van der Waals surface area contributed by atoms with E-state index < -0.39 is 0 Å². The van der Waals surface area contributed by atoms with E-state index >= 15 is 0 Å². The maximum Gasteiger partial charge on any atom is 0.236 e. The van der Waals surface area contributed by atoms with Crippen molar-refractivity contribution < 1.29 is 4.79 Å². The van der Waals surface area contributed by atoms with Gasteiger partial charge in [0, 0.05) is 24.0 Å². The normalized spacial score (nSPS) is 16.1. The molecule has 1 aromatic rings. The highest BCUT2D eigenvalue weighted by molar-refractivity contribution is 7.10. The highest BCUT2D eigenvalue weighted by Crippen LogP contribution is 2.23. The summed E-state index contributed by atoms with van der Waals surface area (Å²) in [5.41, 5.74) is 1.34. The Hall–Kier alpha value is -0.870. The summed E-state index contributed by atoms with van der Waals surface area (Å²) >= 11 is 1.82. The Morgan fingerprint density at radius 1 is 1.38 bits per heavy atom. The molecule has 3 nitrogen and oxygen atoms in total. The highest BCUT2D eigenvalue weighted by Gasteiger charge is 2.21. The third-order valence-corrected chi connectivity index (χ3v) is 5.20. The Balaban J connectivity index is 1.68. The standard InChI is InChI=1S/C17H28N2OS/c1-13(2)5-4-6-14(3)18-11-17(20)19-9-7-16-15(12-19)8-10-21-16/h8,10,13-14,18H,4-7,9,11-12H2,1-3H3. The van der Waals surface area contributed by atoms with Crippen molar-refractivity contribution in [2.24, 2.45) is 5.92 Å². The van der Waals surface area contributed by atoms with Crippen LogP contribution in [0.2, 0.25) is 0 Å². The van der Waals surface area contributed by atoms with Gasteiger partial charge >= 0.3 is 0 Å². The Morgan fingerprint density at radius 2 is 2.19 bits per heavy atom. The maximum absolute atomic E-state index is 12.3. The molecule has 0 saturated carbocycles. The molecule has 0 aliphatic carbocycles. The molecule has 0 aromatic carbocycles. The van der Waals surface area contributed by atoms with Crippen LogP contribution in [0.4, 0.5) is 0 Å². The average Bonchev–Trinajstić information content (AvgIpc) is 2.91. The number of thiophene rings is 1. The molecule has 118 valence electrons. The van der Waals surface area contributed by atoms with Gasteiger partial charge in [-0.25, -0.2) is 0 Å². The van der Waals surface area contributed by atoms with Crippen LogP contribution in [-0.2, 0) is 17.8 Å². The minimum atomic E-state index is 0.238. The van der Waals surface area contributed by atoms with Crippen molar-refractivity contribution in [1.82, 2.24) is 10.2 Å². The van der Waals surface area contributed by atoms with E-state index in [0.717, 1.165) is 31.8 Å². The number of nitrogens with zero attached hydrogens (tertiary/aromatic N) is 1. The zero-order valence-corrected chi connectivity index (χ0v) is 14.3. The van der Waals surface area contributed by atoms with Gasteiger partial charge in [0.1, 0.15) is 0 Å². The molecule has 1 aliphatic rings. The summed E-state index contributed by atoms with van der Waals surface area (Å²) in [6, 6.07) is 2.58. The Bertz CT molecular complexity index is 455. The lowest BCUT2D eigenvalue weighted by molar-refractivity contribution is -0.131. The molecule has 1 aromatic heterocycles. The number of hydrogen-bond donors (Lipinski definition) is 1. The Morgan fingerprint density at radius 3 is 2.95 bits per heavy atom. The number of nitrogens with one attached hydrogen (secondary N) is 1. The lowest BCUT2D eigenvalue weighted by Gasteiger charge is -2.27. The monoisotopic (exact) mass is 308 g/mol.